The van der Waals surface area contributed by atoms with Crippen molar-refractivity contribution in [1.29, 1.82) is 0 Å². The topological polar surface area (TPSA) is 12.0 Å². The zero-order valence-corrected chi connectivity index (χ0v) is 10.0. The third kappa shape index (κ3) is 5.93. The monoisotopic (exact) mass is 267 g/mol. The lowest BCUT2D eigenvalue weighted by Crippen LogP contribution is -2.22. The van der Waals surface area contributed by atoms with Crippen molar-refractivity contribution in [3.05, 3.63) is 35.6 Å². The molecule has 0 aliphatic heterocycles. The molecule has 1 nitrogen and oxygen atoms in total. The lowest BCUT2D eigenvalue weighted by molar-refractivity contribution is -0.0327. The zero-order chi connectivity index (χ0) is 12.9. The van der Waals surface area contributed by atoms with Crippen LogP contribution in [0.4, 0.5) is 17.6 Å². The molecule has 0 saturated heterocycles. The van der Waals surface area contributed by atoms with Gasteiger partial charge in [-0.25, -0.2) is 4.39 Å². The van der Waals surface area contributed by atoms with Crippen molar-refractivity contribution in [2.75, 3.05) is 12.3 Å². The fourth-order valence-corrected chi connectivity index (χ4v) is 1.76. The van der Waals surface area contributed by atoms with Crippen molar-refractivity contribution >= 4 is 11.8 Å². The van der Waals surface area contributed by atoms with Crippen LogP contribution >= 0.6 is 11.8 Å². The van der Waals surface area contributed by atoms with Gasteiger partial charge >= 0.3 is 5.51 Å². The molecule has 1 rings (SSSR count). The van der Waals surface area contributed by atoms with E-state index >= 15 is 0 Å². The highest BCUT2D eigenvalue weighted by molar-refractivity contribution is 8.00. The van der Waals surface area contributed by atoms with Gasteiger partial charge in [0.25, 0.3) is 0 Å². The van der Waals surface area contributed by atoms with E-state index in [1.165, 1.54) is 12.1 Å². The SMILES string of the molecule is CC(NCCSC(F)(F)F)c1ccc(F)cc1. The number of rotatable bonds is 5. The molecule has 6 heteroatoms. The molecule has 0 bridgehead atoms. The maximum Gasteiger partial charge on any atom is 0.441 e. The maximum absolute atomic E-state index is 12.6. The van der Waals surface area contributed by atoms with E-state index in [1.54, 1.807) is 12.1 Å². The third-order valence-electron chi connectivity index (χ3n) is 2.19. The Bertz CT molecular complexity index is 336. The summed E-state index contributed by atoms with van der Waals surface area (Å²) >= 11 is -0.0493. The Kier molecular flexibility index (Phi) is 5.27. The Labute approximate surface area is 102 Å². The molecule has 0 spiro atoms. The van der Waals surface area contributed by atoms with Gasteiger partial charge < -0.3 is 5.32 Å². The second-order valence-corrected chi connectivity index (χ2v) is 4.68. The second-order valence-electron chi connectivity index (χ2n) is 3.52. The molecule has 17 heavy (non-hydrogen) atoms. The summed E-state index contributed by atoms with van der Waals surface area (Å²) in [6.07, 6.45) is 0. The van der Waals surface area contributed by atoms with E-state index in [4.69, 9.17) is 0 Å². The van der Waals surface area contributed by atoms with Gasteiger partial charge in [-0.1, -0.05) is 12.1 Å². The standard InChI is InChI=1S/C11H13F4NS/c1-8(9-2-4-10(12)5-3-9)16-6-7-17-11(13,14)15/h2-5,8,16H,6-7H2,1H3. The Balaban J connectivity index is 2.30. The van der Waals surface area contributed by atoms with Gasteiger partial charge in [-0.15, -0.1) is 0 Å². The molecular formula is C11H13F4NS. The largest absolute Gasteiger partial charge is 0.441 e. The van der Waals surface area contributed by atoms with Gasteiger partial charge in [-0.05, 0) is 36.4 Å². The minimum Gasteiger partial charge on any atom is -0.309 e. The Morgan fingerprint density at radius 3 is 2.35 bits per heavy atom. The van der Waals surface area contributed by atoms with Gasteiger partial charge in [0.1, 0.15) is 5.82 Å². The van der Waals surface area contributed by atoms with Gasteiger partial charge in [-0.2, -0.15) is 13.2 Å². The molecule has 1 aromatic rings. The number of hydrogen-bond donors (Lipinski definition) is 1. The molecule has 1 unspecified atom stereocenters. The second kappa shape index (κ2) is 6.26. The molecule has 1 aromatic carbocycles. The first kappa shape index (κ1) is 14.3. The van der Waals surface area contributed by atoms with E-state index in [9.17, 15) is 17.6 Å². The fourth-order valence-electron chi connectivity index (χ4n) is 1.31. The van der Waals surface area contributed by atoms with Crippen LogP contribution in [-0.2, 0) is 0 Å². The fraction of sp³-hybridized carbons (Fsp3) is 0.455. The average Bonchev–Trinajstić information content (AvgIpc) is 2.24. The van der Waals surface area contributed by atoms with Gasteiger partial charge in [0.05, 0.1) is 0 Å². The molecule has 0 radical (unpaired) electrons. The molecule has 0 amide bonds. The third-order valence-corrected chi connectivity index (χ3v) is 2.92. The summed E-state index contributed by atoms with van der Waals surface area (Å²) in [5.74, 6) is -0.358. The lowest BCUT2D eigenvalue weighted by atomic mass is 10.1. The first-order chi connectivity index (χ1) is 7.88. The number of hydrogen-bond acceptors (Lipinski definition) is 2. The Morgan fingerprint density at radius 1 is 1.24 bits per heavy atom. The predicted octanol–water partition coefficient (Wildman–Crippen LogP) is 3.73. The predicted molar refractivity (Wildman–Crippen MR) is 61.3 cm³/mol. The molecule has 1 N–H and O–H groups in total. The van der Waals surface area contributed by atoms with Gasteiger partial charge in [0.2, 0.25) is 0 Å². The summed E-state index contributed by atoms with van der Waals surface area (Å²) in [6.45, 7) is 2.08. The molecule has 0 aliphatic carbocycles. The number of nitrogens with one attached hydrogen (secondary N) is 1. The molecular weight excluding hydrogens is 254 g/mol. The number of halogens is 4. The van der Waals surface area contributed by atoms with Crippen LogP contribution in [0.25, 0.3) is 0 Å². The average molecular weight is 267 g/mol. The van der Waals surface area contributed by atoms with Crippen LogP contribution in [0, 0.1) is 5.82 Å². The van der Waals surface area contributed by atoms with E-state index in [2.05, 4.69) is 5.32 Å². The van der Waals surface area contributed by atoms with E-state index in [1.807, 2.05) is 6.92 Å². The van der Waals surface area contributed by atoms with Crippen molar-refractivity contribution in [2.45, 2.75) is 18.5 Å². The molecule has 1 atom stereocenters. The van der Waals surface area contributed by atoms with Gasteiger partial charge in [-0.3, -0.25) is 0 Å². The molecule has 0 heterocycles. The molecule has 0 aromatic heterocycles. The summed E-state index contributed by atoms with van der Waals surface area (Å²) in [5.41, 5.74) is -3.33. The zero-order valence-electron chi connectivity index (χ0n) is 9.22. The summed E-state index contributed by atoms with van der Waals surface area (Å²) in [5, 5.41) is 2.95. The maximum atomic E-state index is 12.6. The number of benzene rings is 1. The van der Waals surface area contributed by atoms with Crippen molar-refractivity contribution < 1.29 is 17.6 Å². The highest BCUT2D eigenvalue weighted by Crippen LogP contribution is 2.29. The van der Waals surface area contributed by atoms with Gasteiger partial charge in [0.15, 0.2) is 0 Å². The van der Waals surface area contributed by atoms with Crippen molar-refractivity contribution in [1.82, 2.24) is 5.32 Å². The van der Waals surface area contributed by atoms with Crippen LogP contribution in [0.1, 0.15) is 18.5 Å². The van der Waals surface area contributed by atoms with Crippen molar-refractivity contribution in [3.63, 3.8) is 0 Å². The van der Waals surface area contributed by atoms with Crippen molar-refractivity contribution in [3.8, 4) is 0 Å². The van der Waals surface area contributed by atoms with E-state index in [0.29, 0.717) is 0 Å². The smallest absolute Gasteiger partial charge is 0.309 e. The van der Waals surface area contributed by atoms with Crippen LogP contribution in [0.15, 0.2) is 24.3 Å². The minimum absolute atomic E-state index is 0.0327. The molecule has 0 saturated carbocycles. The normalized spacial score (nSPS) is 13.7. The highest BCUT2D eigenvalue weighted by Gasteiger charge is 2.27. The van der Waals surface area contributed by atoms with Crippen molar-refractivity contribution in [2.24, 2.45) is 0 Å². The first-order valence-electron chi connectivity index (χ1n) is 5.08. The van der Waals surface area contributed by atoms with Crippen LogP contribution in [0.2, 0.25) is 0 Å². The summed E-state index contributed by atoms with van der Waals surface area (Å²) in [7, 11) is 0. The Morgan fingerprint density at radius 2 is 1.82 bits per heavy atom. The van der Waals surface area contributed by atoms with Crippen LogP contribution < -0.4 is 5.32 Å². The number of thioether (sulfide) groups is 1. The summed E-state index contributed by atoms with van der Waals surface area (Å²) < 4.78 is 48.2. The van der Waals surface area contributed by atoms with E-state index < -0.39 is 5.51 Å². The minimum atomic E-state index is -4.18. The highest BCUT2D eigenvalue weighted by atomic mass is 32.2. The Hall–Kier alpha value is -0.750. The number of alkyl halides is 3. The first-order valence-corrected chi connectivity index (χ1v) is 6.06. The van der Waals surface area contributed by atoms with Crippen LogP contribution in [0.3, 0.4) is 0 Å². The molecule has 0 fully saturated rings. The van der Waals surface area contributed by atoms with Crippen LogP contribution in [-0.4, -0.2) is 17.8 Å². The van der Waals surface area contributed by atoms with E-state index in [0.717, 1.165) is 5.56 Å². The lowest BCUT2D eigenvalue weighted by Gasteiger charge is -2.14. The van der Waals surface area contributed by atoms with Gasteiger partial charge in [0, 0.05) is 18.3 Å². The summed E-state index contributed by atoms with van der Waals surface area (Å²) in [4.78, 5) is 0. The quantitative estimate of drug-likeness (QED) is 0.644. The van der Waals surface area contributed by atoms with Crippen LogP contribution in [0.5, 0.6) is 0 Å². The molecule has 96 valence electrons. The van der Waals surface area contributed by atoms with E-state index in [-0.39, 0.29) is 35.9 Å². The summed E-state index contributed by atoms with van der Waals surface area (Å²) in [6, 6.07) is 5.80. The molecule has 0 aliphatic rings.